The van der Waals surface area contributed by atoms with E-state index in [4.69, 9.17) is 0 Å². The summed E-state index contributed by atoms with van der Waals surface area (Å²) in [6.45, 7) is 3.37. The van der Waals surface area contributed by atoms with Crippen LogP contribution in [0.3, 0.4) is 0 Å². The number of nitrogens with one attached hydrogen (secondary N) is 1. The number of piperazine rings is 1. The number of rotatable bonds is 2. The Bertz CT molecular complexity index is 510. The van der Waals surface area contributed by atoms with Crippen LogP contribution in [0, 0.1) is 5.82 Å². The molecule has 7 heteroatoms. The Morgan fingerprint density at radius 3 is 2.67 bits per heavy atom. The highest BCUT2D eigenvalue weighted by molar-refractivity contribution is 7.89. The second-order valence-corrected chi connectivity index (χ2v) is 5.96. The monoisotopic (exact) mass is 294 g/mol. The van der Waals surface area contributed by atoms with Gasteiger partial charge in [0.05, 0.1) is 0 Å². The van der Waals surface area contributed by atoms with Crippen molar-refractivity contribution in [3.05, 3.63) is 30.1 Å². The van der Waals surface area contributed by atoms with Gasteiger partial charge in [0.2, 0.25) is 10.0 Å². The molecule has 102 valence electrons. The van der Waals surface area contributed by atoms with Crippen LogP contribution < -0.4 is 5.32 Å². The standard InChI is InChI=1S/C11H15FN2O2S.ClH/c1-9-8-13-6-7-14(9)17(15,16)11-5-3-2-4-10(11)12;/h2-5,9,13H,6-8H2,1H3;1H. The van der Waals surface area contributed by atoms with E-state index in [9.17, 15) is 12.8 Å². The molecule has 4 nitrogen and oxygen atoms in total. The summed E-state index contributed by atoms with van der Waals surface area (Å²) in [4.78, 5) is -0.242. The summed E-state index contributed by atoms with van der Waals surface area (Å²) in [6, 6.07) is 5.32. The summed E-state index contributed by atoms with van der Waals surface area (Å²) in [7, 11) is -3.72. The summed E-state index contributed by atoms with van der Waals surface area (Å²) < 4.78 is 39.4. The highest BCUT2D eigenvalue weighted by Crippen LogP contribution is 2.21. The van der Waals surface area contributed by atoms with Crippen LogP contribution in [0.1, 0.15) is 6.92 Å². The smallest absolute Gasteiger partial charge is 0.246 e. The molecule has 1 heterocycles. The molecule has 1 unspecified atom stereocenters. The van der Waals surface area contributed by atoms with E-state index < -0.39 is 15.8 Å². The van der Waals surface area contributed by atoms with E-state index in [1.54, 1.807) is 0 Å². The van der Waals surface area contributed by atoms with Crippen molar-refractivity contribution < 1.29 is 12.8 Å². The van der Waals surface area contributed by atoms with E-state index in [-0.39, 0.29) is 23.3 Å². The molecule has 1 aliphatic heterocycles. The number of hydrogen-bond donors (Lipinski definition) is 1. The van der Waals surface area contributed by atoms with Crippen LogP contribution in [0.15, 0.2) is 29.2 Å². The molecule has 1 aliphatic rings. The molecule has 0 radical (unpaired) electrons. The van der Waals surface area contributed by atoms with Gasteiger partial charge in [-0.15, -0.1) is 12.4 Å². The zero-order valence-corrected chi connectivity index (χ0v) is 11.6. The lowest BCUT2D eigenvalue weighted by atomic mass is 10.3. The summed E-state index contributed by atoms with van der Waals surface area (Å²) in [6.07, 6.45) is 0. The van der Waals surface area contributed by atoms with Crippen LogP contribution in [-0.2, 0) is 10.0 Å². The van der Waals surface area contributed by atoms with E-state index in [1.165, 1.54) is 28.6 Å². The lowest BCUT2D eigenvalue weighted by molar-refractivity contribution is 0.283. The maximum absolute atomic E-state index is 13.5. The van der Waals surface area contributed by atoms with Crippen molar-refractivity contribution in [1.29, 1.82) is 0 Å². The van der Waals surface area contributed by atoms with Crippen LogP contribution in [0.4, 0.5) is 4.39 Å². The van der Waals surface area contributed by atoms with Gasteiger partial charge in [0.15, 0.2) is 0 Å². The molecule has 1 fully saturated rings. The SMILES string of the molecule is CC1CNCCN1S(=O)(=O)c1ccccc1F.Cl. The summed E-state index contributed by atoms with van der Waals surface area (Å²) in [5, 5.41) is 3.10. The minimum atomic E-state index is -3.72. The summed E-state index contributed by atoms with van der Waals surface area (Å²) >= 11 is 0. The minimum Gasteiger partial charge on any atom is -0.314 e. The molecule has 2 rings (SSSR count). The Labute approximate surface area is 113 Å². The van der Waals surface area contributed by atoms with Gasteiger partial charge in [0.1, 0.15) is 10.7 Å². The topological polar surface area (TPSA) is 49.4 Å². The van der Waals surface area contributed by atoms with Gasteiger partial charge in [-0.05, 0) is 19.1 Å². The van der Waals surface area contributed by atoms with E-state index in [2.05, 4.69) is 5.32 Å². The lowest BCUT2D eigenvalue weighted by Crippen LogP contribution is -2.52. The average molecular weight is 295 g/mol. The fourth-order valence-electron chi connectivity index (χ4n) is 1.96. The number of hydrogen-bond acceptors (Lipinski definition) is 3. The molecule has 1 atom stereocenters. The average Bonchev–Trinajstić information content (AvgIpc) is 2.29. The van der Waals surface area contributed by atoms with Gasteiger partial charge >= 0.3 is 0 Å². The first kappa shape index (κ1) is 15.4. The molecular formula is C11H16ClFN2O2S. The Morgan fingerprint density at radius 1 is 1.39 bits per heavy atom. The maximum atomic E-state index is 13.5. The highest BCUT2D eigenvalue weighted by atomic mass is 35.5. The summed E-state index contributed by atoms with van der Waals surface area (Å²) in [5.41, 5.74) is 0. The highest BCUT2D eigenvalue weighted by Gasteiger charge is 2.32. The Balaban J connectivity index is 0.00000162. The first-order chi connectivity index (χ1) is 8.03. The van der Waals surface area contributed by atoms with Crippen molar-refractivity contribution in [3.63, 3.8) is 0 Å². The van der Waals surface area contributed by atoms with Gasteiger partial charge in [-0.25, -0.2) is 12.8 Å². The quantitative estimate of drug-likeness (QED) is 0.892. The van der Waals surface area contributed by atoms with Gasteiger partial charge in [0.25, 0.3) is 0 Å². The zero-order valence-electron chi connectivity index (χ0n) is 9.97. The molecule has 0 bridgehead atoms. The third kappa shape index (κ3) is 2.83. The molecule has 0 spiro atoms. The molecule has 18 heavy (non-hydrogen) atoms. The molecule has 1 aromatic carbocycles. The van der Waals surface area contributed by atoms with Gasteiger partial charge in [-0.2, -0.15) is 4.31 Å². The Morgan fingerprint density at radius 2 is 2.06 bits per heavy atom. The van der Waals surface area contributed by atoms with Crippen molar-refractivity contribution in [3.8, 4) is 0 Å². The largest absolute Gasteiger partial charge is 0.314 e. The second-order valence-electron chi connectivity index (χ2n) is 4.10. The van der Waals surface area contributed by atoms with Crippen LogP contribution in [0.25, 0.3) is 0 Å². The number of benzene rings is 1. The second kappa shape index (κ2) is 5.97. The van der Waals surface area contributed by atoms with E-state index in [1.807, 2.05) is 6.92 Å². The van der Waals surface area contributed by atoms with Gasteiger partial charge in [-0.1, -0.05) is 12.1 Å². The Kier molecular flexibility index (Phi) is 5.10. The fraction of sp³-hybridized carbons (Fsp3) is 0.455. The van der Waals surface area contributed by atoms with Crippen LogP contribution in [0.5, 0.6) is 0 Å². The molecule has 0 amide bonds. The van der Waals surface area contributed by atoms with E-state index in [0.717, 1.165) is 0 Å². The van der Waals surface area contributed by atoms with Crippen molar-refractivity contribution in [2.24, 2.45) is 0 Å². The Hall–Kier alpha value is -0.690. The van der Waals surface area contributed by atoms with Gasteiger partial charge in [-0.3, -0.25) is 0 Å². The van der Waals surface area contributed by atoms with Gasteiger partial charge in [0, 0.05) is 25.7 Å². The van der Waals surface area contributed by atoms with E-state index in [0.29, 0.717) is 19.6 Å². The molecule has 0 aromatic heterocycles. The summed E-state index contributed by atoms with van der Waals surface area (Å²) in [5.74, 6) is -0.696. The molecule has 0 aliphatic carbocycles. The number of nitrogens with zero attached hydrogens (tertiary/aromatic N) is 1. The molecule has 1 aromatic rings. The first-order valence-corrected chi connectivity index (χ1v) is 6.94. The maximum Gasteiger partial charge on any atom is 0.246 e. The molecule has 1 N–H and O–H groups in total. The lowest BCUT2D eigenvalue weighted by Gasteiger charge is -2.32. The van der Waals surface area contributed by atoms with E-state index >= 15 is 0 Å². The first-order valence-electron chi connectivity index (χ1n) is 5.50. The van der Waals surface area contributed by atoms with Gasteiger partial charge < -0.3 is 5.32 Å². The normalized spacial score (nSPS) is 21.3. The fourth-order valence-corrected chi connectivity index (χ4v) is 3.66. The van der Waals surface area contributed by atoms with Crippen molar-refractivity contribution in [2.45, 2.75) is 17.9 Å². The third-order valence-electron chi connectivity index (χ3n) is 2.86. The number of halogens is 2. The molecule has 1 saturated heterocycles. The number of sulfonamides is 1. The predicted molar refractivity (Wildman–Crippen MR) is 69.9 cm³/mol. The predicted octanol–water partition coefficient (Wildman–Crippen LogP) is 1.23. The van der Waals surface area contributed by atoms with Crippen LogP contribution >= 0.6 is 12.4 Å². The molecular weight excluding hydrogens is 279 g/mol. The van der Waals surface area contributed by atoms with Crippen LogP contribution in [0.2, 0.25) is 0 Å². The van der Waals surface area contributed by atoms with Crippen molar-refractivity contribution >= 4 is 22.4 Å². The zero-order chi connectivity index (χ0) is 12.5. The minimum absolute atomic E-state index is 0. The molecule has 0 saturated carbocycles. The van der Waals surface area contributed by atoms with Crippen molar-refractivity contribution in [2.75, 3.05) is 19.6 Å². The third-order valence-corrected chi connectivity index (χ3v) is 4.91. The van der Waals surface area contributed by atoms with Crippen molar-refractivity contribution in [1.82, 2.24) is 9.62 Å². The van der Waals surface area contributed by atoms with Crippen LogP contribution in [-0.4, -0.2) is 38.4 Å².